The van der Waals surface area contributed by atoms with Gasteiger partial charge in [0.1, 0.15) is 0 Å². The van der Waals surface area contributed by atoms with Gasteiger partial charge in [-0.25, -0.2) is 0 Å². The average molecular weight is 242 g/mol. The van der Waals surface area contributed by atoms with Gasteiger partial charge >= 0.3 is 0 Å². The van der Waals surface area contributed by atoms with Crippen LogP contribution in [0, 0.1) is 0 Å². The van der Waals surface area contributed by atoms with Crippen molar-refractivity contribution in [2.24, 2.45) is 0 Å². The van der Waals surface area contributed by atoms with Crippen LogP contribution in [-0.2, 0) is 0 Å². The molecule has 70 valence electrons. The second-order valence-corrected chi connectivity index (χ2v) is 3.63. The minimum Gasteiger partial charge on any atom is -0.388 e. The van der Waals surface area contributed by atoms with Gasteiger partial charge in [0.05, 0.1) is 0 Å². The Morgan fingerprint density at radius 1 is 1.54 bits per heavy atom. The van der Waals surface area contributed by atoms with Crippen molar-refractivity contribution >= 4 is 27.4 Å². The van der Waals surface area contributed by atoms with Gasteiger partial charge in [-0.1, -0.05) is 22.9 Å². The molecule has 0 fully saturated rings. The molecule has 0 radical (unpaired) electrons. The first kappa shape index (κ1) is 10.3. The first-order valence-corrected chi connectivity index (χ1v) is 4.98. The van der Waals surface area contributed by atoms with E-state index in [1.165, 1.54) is 0 Å². The van der Waals surface area contributed by atoms with E-state index >= 15 is 0 Å². The van der Waals surface area contributed by atoms with Crippen molar-refractivity contribution in [1.82, 2.24) is 0 Å². The van der Waals surface area contributed by atoms with E-state index in [1.807, 2.05) is 32.2 Å². The molecule has 0 aliphatic heterocycles. The van der Waals surface area contributed by atoms with Crippen molar-refractivity contribution in [3.63, 3.8) is 0 Å². The van der Waals surface area contributed by atoms with Gasteiger partial charge in [0.15, 0.2) is 5.78 Å². The molecule has 1 rings (SSSR count). The molecule has 2 nitrogen and oxygen atoms in total. The monoisotopic (exact) mass is 241 g/mol. The Labute approximate surface area is 86.5 Å². The lowest BCUT2D eigenvalue weighted by atomic mass is 10.1. The van der Waals surface area contributed by atoms with E-state index in [2.05, 4.69) is 21.2 Å². The van der Waals surface area contributed by atoms with Crippen LogP contribution >= 0.6 is 15.9 Å². The molecule has 0 aromatic heterocycles. The molecule has 3 heteroatoms. The van der Waals surface area contributed by atoms with E-state index in [0.717, 1.165) is 15.7 Å². The molecule has 1 aromatic carbocycles. The molecule has 0 heterocycles. The van der Waals surface area contributed by atoms with E-state index in [1.54, 1.807) is 0 Å². The molecule has 0 bridgehead atoms. The van der Waals surface area contributed by atoms with Gasteiger partial charge < -0.3 is 5.32 Å². The molecule has 0 atom stereocenters. The summed E-state index contributed by atoms with van der Waals surface area (Å²) >= 11 is 3.36. The second kappa shape index (κ2) is 4.42. The standard InChI is InChI=1S/C10H12BrNO/c1-3-10(13)8-5-4-7(11)6-9(8)12-2/h4-6,12H,3H2,1-2H3. The molecule has 0 spiro atoms. The highest BCUT2D eigenvalue weighted by Gasteiger charge is 2.08. The third kappa shape index (κ3) is 2.31. The van der Waals surface area contributed by atoms with Crippen molar-refractivity contribution in [3.05, 3.63) is 28.2 Å². The van der Waals surface area contributed by atoms with E-state index in [9.17, 15) is 4.79 Å². The minimum atomic E-state index is 0.164. The van der Waals surface area contributed by atoms with Crippen molar-refractivity contribution in [1.29, 1.82) is 0 Å². The Morgan fingerprint density at radius 2 is 2.23 bits per heavy atom. The van der Waals surface area contributed by atoms with Gasteiger partial charge in [0, 0.05) is 29.2 Å². The van der Waals surface area contributed by atoms with Gasteiger partial charge in [-0.15, -0.1) is 0 Å². The molecule has 13 heavy (non-hydrogen) atoms. The molecule has 1 N–H and O–H groups in total. The van der Waals surface area contributed by atoms with E-state index in [0.29, 0.717) is 6.42 Å². The van der Waals surface area contributed by atoms with Crippen molar-refractivity contribution in [3.8, 4) is 0 Å². The van der Waals surface area contributed by atoms with Gasteiger partial charge in [-0.05, 0) is 18.2 Å². The number of nitrogens with one attached hydrogen (secondary N) is 1. The van der Waals surface area contributed by atoms with Crippen LogP contribution in [0.5, 0.6) is 0 Å². The zero-order valence-electron chi connectivity index (χ0n) is 7.73. The highest BCUT2D eigenvalue weighted by molar-refractivity contribution is 9.10. The van der Waals surface area contributed by atoms with Crippen molar-refractivity contribution in [2.75, 3.05) is 12.4 Å². The summed E-state index contributed by atoms with van der Waals surface area (Å²) < 4.78 is 0.976. The Balaban J connectivity index is 3.13. The third-order valence-corrected chi connectivity index (χ3v) is 2.37. The zero-order chi connectivity index (χ0) is 9.84. The summed E-state index contributed by atoms with van der Waals surface area (Å²) in [7, 11) is 1.81. The van der Waals surface area contributed by atoms with Gasteiger partial charge in [-0.2, -0.15) is 0 Å². The van der Waals surface area contributed by atoms with Crippen LogP contribution in [0.2, 0.25) is 0 Å². The maximum Gasteiger partial charge on any atom is 0.164 e. The quantitative estimate of drug-likeness (QED) is 0.825. The lowest BCUT2D eigenvalue weighted by molar-refractivity contribution is 0.0989. The number of carbonyl (C=O) groups excluding carboxylic acids is 1. The first-order chi connectivity index (χ1) is 6.19. The summed E-state index contributed by atoms with van der Waals surface area (Å²) in [6.45, 7) is 1.86. The van der Waals surface area contributed by atoms with Crippen LogP contribution in [0.15, 0.2) is 22.7 Å². The fraction of sp³-hybridized carbons (Fsp3) is 0.300. The van der Waals surface area contributed by atoms with Crippen LogP contribution in [0.25, 0.3) is 0 Å². The average Bonchev–Trinajstić information content (AvgIpc) is 2.16. The maximum absolute atomic E-state index is 11.4. The number of hydrogen-bond acceptors (Lipinski definition) is 2. The number of anilines is 1. The smallest absolute Gasteiger partial charge is 0.164 e. The predicted molar refractivity (Wildman–Crippen MR) is 58.3 cm³/mol. The fourth-order valence-corrected chi connectivity index (χ4v) is 1.52. The van der Waals surface area contributed by atoms with E-state index < -0.39 is 0 Å². The molecular weight excluding hydrogens is 230 g/mol. The molecule has 0 amide bonds. The largest absolute Gasteiger partial charge is 0.388 e. The summed E-state index contributed by atoms with van der Waals surface area (Å²) in [5, 5.41) is 3.00. The van der Waals surface area contributed by atoms with Crippen LogP contribution < -0.4 is 5.32 Å². The van der Waals surface area contributed by atoms with Crippen LogP contribution in [0.1, 0.15) is 23.7 Å². The Morgan fingerprint density at radius 3 is 2.77 bits per heavy atom. The lowest BCUT2D eigenvalue weighted by Gasteiger charge is -2.07. The van der Waals surface area contributed by atoms with Crippen molar-refractivity contribution in [2.45, 2.75) is 13.3 Å². The zero-order valence-corrected chi connectivity index (χ0v) is 9.31. The number of Topliss-reactive ketones (excluding diaryl/α,β-unsaturated/α-hetero) is 1. The number of halogens is 1. The topological polar surface area (TPSA) is 29.1 Å². The first-order valence-electron chi connectivity index (χ1n) is 4.19. The predicted octanol–water partition coefficient (Wildman–Crippen LogP) is 3.08. The lowest BCUT2D eigenvalue weighted by Crippen LogP contribution is -2.02. The fourth-order valence-electron chi connectivity index (χ4n) is 1.16. The highest BCUT2D eigenvalue weighted by Crippen LogP contribution is 2.22. The molecule has 0 unspecified atom stereocenters. The summed E-state index contributed by atoms with van der Waals surface area (Å²) in [5.41, 5.74) is 1.63. The van der Waals surface area contributed by atoms with E-state index in [4.69, 9.17) is 0 Å². The summed E-state index contributed by atoms with van der Waals surface area (Å²) in [6.07, 6.45) is 0.538. The van der Waals surface area contributed by atoms with Crippen LogP contribution in [0.4, 0.5) is 5.69 Å². The summed E-state index contributed by atoms with van der Waals surface area (Å²) in [4.78, 5) is 11.4. The SMILES string of the molecule is CCC(=O)c1ccc(Br)cc1NC. The molecule has 1 aromatic rings. The van der Waals surface area contributed by atoms with E-state index in [-0.39, 0.29) is 5.78 Å². The molecule has 0 aliphatic carbocycles. The molecule has 0 saturated carbocycles. The number of ketones is 1. The van der Waals surface area contributed by atoms with Gasteiger partial charge in [0.2, 0.25) is 0 Å². The Kier molecular flexibility index (Phi) is 3.48. The summed E-state index contributed by atoms with van der Waals surface area (Å²) in [6, 6.07) is 5.62. The van der Waals surface area contributed by atoms with Crippen LogP contribution in [-0.4, -0.2) is 12.8 Å². The molecular formula is C10H12BrNO. The molecule has 0 aliphatic rings. The van der Waals surface area contributed by atoms with Crippen LogP contribution in [0.3, 0.4) is 0 Å². The van der Waals surface area contributed by atoms with Crippen molar-refractivity contribution < 1.29 is 4.79 Å². The number of carbonyl (C=O) groups is 1. The normalized spacial score (nSPS) is 9.77. The van der Waals surface area contributed by atoms with Gasteiger partial charge in [-0.3, -0.25) is 4.79 Å². The Hall–Kier alpha value is -0.830. The summed E-state index contributed by atoms with van der Waals surface area (Å²) in [5.74, 6) is 0.164. The highest BCUT2D eigenvalue weighted by atomic mass is 79.9. The number of hydrogen-bond donors (Lipinski definition) is 1. The second-order valence-electron chi connectivity index (χ2n) is 2.72. The van der Waals surface area contributed by atoms with Gasteiger partial charge in [0.25, 0.3) is 0 Å². The Bertz CT molecular complexity index is 323. The number of benzene rings is 1. The third-order valence-electron chi connectivity index (χ3n) is 1.87. The maximum atomic E-state index is 11.4. The minimum absolute atomic E-state index is 0.164. The molecule has 0 saturated heterocycles. The number of rotatable bonds is 3.